The lowest BCUT2D eigenvalue weighted by Gasteiger charge is -2.16. The quantitative estimate of drug-likeness (QED) is 0.818. The van der Waals surface area contributed by atoms with Gasteiger partial charge in [0.15, 0.2) is 0 Å². The summed E-state index contributed by atoms with van der Waals surface area (Å²) in [7, 11) is 1.70. The van der Waals surface area contributed by atoms with Gasteiger partial charge in [-0.3, -0.25) is 19.0 Å². The maximum Gasteiger partial charge on any atom is 0.305 e. The first-order valence-electron chi connectivity index (χ1n) is 7.02. The number of amides is 1. The number of hydrogen-bond acceptors (Lipinski definition) is 4. The lowest BCUT2D eigenvalue weighted by atomic mass is 10.3. The van der Waals surface area contributed by atoms with Gasteiger partial charge in [-0.05, 0) is 19.1 Å². The Morgan fingerprint density at radius 3 is 2.82 bits per heavy atom. The summed E-state index contributed by atoms with van der Waals surface area (Å²) in [6.07, 6.45) is 3.29. The number of carboxylic acids is 1. The molecule has 0 spiro atoms. The number of carbonyl (C=O) groups excluding carboxylic acids is 1. The highest BCUT2D eigenvalue weighted by Crippen LogP contribution is 2.07. The second-order valence-electron chi connectivity index (χ2n) is 4.91. The molecule has 2 rings (SSSR count). The van der Waals surface area contributed by atoms with E-state index in [9.17, 15) is 9.59 Å². The second kappa shape index (κ2) is 6.88. The molecule has 22 heavy (non-hydrogen) atoms. The van der Waals surface area contributed by atoms with E-state index < -0.39 is 5.97 Å². The van der Waals surface area contributed by atoms with Crippen LogP contribution in [0.15, 0.2) is 24.5 Å². The summed E-state index contributed by atoms with van der Waals surface area (Å²) in [6.45, 7) is 3.42. The molecular weight excluding hydrogens is 286 g/mol. The van der Waals surface area contributed by atoms with E-state index in [1.807, 2.05) is 17.7 Å². The maximum absolute atomic E-state index is 12.3. The summed E-state index contributed by atoms with van der Waals surface area (Å²) in [6, 6.07) is 3.47. The van der Waals surface area contributed by atoms with Gasteiger partial charge in [-0.1, -0.05) is 0 Å². The van der Waals surface area contributed by atoms with E-state index in [2.05, 4.69) is 10.2 Å². The van der Waals surface area contributed by atoms with Gasteiger partial charge in [0.1, 0.15) is 5.69 Å². The molecular formula is C14H19N5O3. The van der Waals surface area contributed by atoms with E-state index in [1.165, 1.54) is 4.68 Å². The number of hydrogen-bond donors (Lipinski definition) is 1. The fourth-order valence-corrected chi connectivity index (χ4v) is 2.10. The van der Waals surface area contributed by atoms with Crippen LogP contribution >= 0.6 is 0 Å². The lowest BCUT2D eigenvalue weighted by Crippen LogP contribution is -2.28. The Morgan fingerprint density at radius 1 is 1.36 bits per heavy atom. The molecule has 8 nitrogen and oxygen atoms in total. The van der Waals surface area contributed by atoms with Gasteiger partial charge in [-0.2, -0.15) is 10.2 Å². The Morgan fingerprint density at radius 2 is 2.14 bits per heavy atom. The topological polar surface area (TPSA) is 93.2 Å². The number of aliphatic carboxylic acids is 1. The van der Waals surface area contributed by atoms with Gasteiger partial charge in [0.25, 0.3) is 5.91 Å². The summed E-state index contributed by atoms with van der Waals surface area (Å²) in [5.74, 6) is -1.11. The molecule has 0 aliphatic rings. The van der Waals surface area contributed by atoms with Crippen molar-refractivity contribution in [2.24, 2.45) is 0 Å². The summed E-state index contributed by atoms with van der Waals surface area (Å²) < 4.78 is 3.29. The molecule has 2 aromatic heterocycles. The van der Waals surface area contributed by atoms with Crippen LogP contribution in [0.2, 0.25) is 0 Å². The van der Waals surface area contributed by atoms with Gasteiger partial charge in [0.05, 0.1) is 25.2 Å². The molecule has 0 saturated heterocycles. The number of aromatic nitrogens is 4. The molecule has 1 N–H and O–H groups in total. The maximum atomic E-state index is 12.3. The molecule has 2 heterocycles. The largest absolute Gasteiger partial charge is 0.481 e. The molecule has 1 amide bonds. The third-order valence-corrected chi connectivity index (χ3v) is 3.26. The number of rotatable bonds is 7. The van der Waals surface area contributed by atoms with E-state index >= 15 is 0 Å². The smallest absolute Gasteiger partial charge is 0.305 e. The van der Waals surface area contributed by atoms with E-state index in [1.54, 1.807) is 30.4 Å². The Labute approximate surface area is 127 Å². The van der Waals surface area contributed by atoms with Crippen molar-refractivity contribution in [3.05, 3.63) is 35.9 Å². The molecule has 0 fully saturated rings. The number of nitrogens with zero attached hydrogens (tertiary/aromatic N) is 5. The van der Waals surface area contributed by atoms with Crippen molar-refractivity contribution in [1.82, 2.24) is 24.5 Å². The van der Waals surface area contributed by atoms with Gasteiger partial charge >= 0.3 is 5.97 Å². The molecule has 0 radical (unpaired) electrons. The van der Waals surface area contributed by atoms with Crippen molar-refractivity contribution >= 4 is 11.9 Å². The van der Waals surface area contributed by atoms with Crippen LogP contribution in [0.3, 0.4) is 0 Å². The van der Waals surface area contributed by atoms with Gasteiger partial charge in [0.2, 0.25) is 0 Å². The SMILES string of the molecule is CCn1nccc1CN(C)C(=O)c1ccn(CCC(=O)O)n1. The van der Waals surface area contributed by atoms with Crippen molar-refractivity contribution in [3.8, 4) is 0 Å². The normalized spacial score (nSPS) is 10.6. The minimum absolute atomic E-state index is 0.0269. The fraction of sp³-hybridized carbons (Fsp3) is 0.429. The van der Waals surface area contributed by atoms with Crippen LogP contribution in [0.25, 0.3) is 0 Å². The molecule has 0 bridgehead atoms. The van der Waals surface area contributed by atoms with Crippen LogP contribution in [0.4, 0.5) is 0 Å². The Kier molecular flexibility index (Phi) is 4.92. The van der Waals surface area contributed by atoms with Crippen LogP contribution in [-0.2, 0) is 24.4 Å². The van der Waals surface area contributed by atoms with E-state index in [0.717, 1.165) is 12.2 Å². The van der Waals surface area contributed by atoms with Gasteiger partial charge in [0, 0.05) is 26.0 Å². The zero-order valence-corrected chi connectivity index (χ0v) is 12.6. The summed E-state index contributed by atoms with van der Waals surface area (Å²) in [5, 5.41) is 16.9. The van der Waals surface area contributed by atoms with Crippen LogP contribution in [0, 0.1) is 0 Å². The van der Waals surface area contributed by atoms with Crippen molar-refractivity contribution in [1.29, 1.82) is 0 Å². The van der Waals surface area contributed by atoms with Crippen molar-refractivity contribution in [2.75, 3.05) is 7.05 Å². The molecule has 0 aliphatic heterocycles. The molecule has 0 atom stereocenters. The highest BCUT2D eigenvalue weighted by Gasteiger charge is 2.16. The molecule has 118 valence electrons. The highest BCUT2D eigenvalue weighted by atomic mass is 16.4. The molecule has 0 aliphatic carbocycles. The first kappa shape index (κ1) is 15.7. The Hall–Kier alpha value is -2.64. The van der Waals surface area contributed by atoms with E-state index in [4.69, 9.17) is 5.11 Å². The minimum Gasteiger partial charge on any atom is -0.481 e. The standard InChI is InChI=1S/C14H19N5O3/c1-3-19-11(4-7-15-19)10-17(2)14(22)12-5-8-18(16-12)9-6-13(20)21/h4-5,7-8H,3,6,9-10H2,1-2H3,(H,20,21). The fourth-order valence-electron chi connectivity index (χ4n) is 2.10. The number of aryl methyl sites for hydroxylation is 2. The zero-order valence-electron chi connectivity index (χ0n) is 12.6. The predicted molar refractivity (Wildman–Crippen MR) is 78.2 cm³/mol. The predicted octanol–water partition coefficient (Wildman–Crippen LogP) is 0.846. The molecule has 0 saturated carbocycles. The highest BCUT2D eigenvalue weighted by molar-refractivity contribution is 5.91. The van der Waals surface area contributed by atoms with Crippen LogP contribution < -0.4 is 0 Å². The summed E-state index contributed by atoms with van der Waals surface area (Å²) >= 11 is 0. The Bertz CT molecular complexity index is 661. The monoisotopic (exact) mass is 305 g/mol. The average Bonchev–Trinajstić information content (AvgIpc) is 3.12. The van der Waals surface area contributed by atoms with Crippen LogP contribution in [0.5, 0.6) is 0 Å². The van der Waals surface area contributed by atoms with E-state index in [-0.39, 0.29) is 18.9 Å². The lowest BCUT2D eigenvalue weighted by molar-refractivity contribution is -0.137. The van der Waals surface area contributed by atoms with Crippen LogP contribution in [0.1, 0.15) is 29.5 Å². The summed E-state index contributed by atoms with van der Waals surface area (Å²) in [5.41, 5.74) is 1.25. The molecule has 0 unspecified atom stereocenters. The summed E-state index contributed by atoms with van der Waals surface area (Å²) in [4.78, 5) is 24.4. The van der Waals surface area contributed by atoms with Crippen molar-refractivity contribution in [2.45, 2.75) is 33.0 Å². The second-order valence-corrected chi connectivity index (χ2v) is 4.91. The van der Waals surface area contributed by atoms with Crippen molar-refractivity contribution < 1.29 is 14.7 Å². The first-order chi connectivity index (χ1) is 10.5. The molecule has 0 aromatic carbocycles. The third-order valence-electron chi connectivity index (χ3n) is 3.26. The van der Waals surface area contributed by atoms with Gasteiger partial charge < -0.3 is 10.0 Å². The first-order valence-corrected chi connectivity index (χ1v) is 7.02. The molecule has 2 aromatic rings. The molecule has 8 heteroatoms. The van der Waals surface area contributed by atoms with Crippen molar-refractivity contribution in [3.63, 3.8) is 0 Å². The minimum atomic E-state index is -0.895. The number of carbonyl (C=O) groups is 2. The van der Waals surface area contributed by atoms with Crippen LogP contribution in [-0.4, -0.2) is 48.5 Å². The average molecular weight is 305 g/mol. The van der Waals surface area contributed by atoms with Gasteiger partial charge in [-0.15, -0.1) is 0 Å². The number of carboxylic acid groups (broad SMARTS) is 1. The van der Waals surface area contributed by atoms with Gasteiger partial charge in [-0.25, -0.2) is 0 Å². The zero-order chi connectivity index (χ0) is 16.1. The Balaban J connectivity index is 2.00. The third kappa shape index (κ3) is 3.72. The van der Waals surface area contributed by atoms with E-state index in [0.29, 0.717) is 12.2 Å².